The summed E-state index contributed by atoms with van der Waals surface area (Å²) in [7, 11) is 0. The normalized spacial score (nSPS) is 12.8. The molecule has 0 aliphatic carbocycles. The third kappa shape index (κ3) is 57.1. The average molecular weight is 988 g/mol. The minimum absolute atomic E-state index is 0.0815. The molecular formula is C65H110O6. The maximum absolute atomic E-state index is 12.8. The smallest absolute Gasteiger partial charge is 0.306 e. The van der Waals surface area contributed by atoms with E-state index in [1.54, 1.807) is 0 Å². The number of carbonyl (C=O) groups is 3. The Morgan fingerprint density at radius 2 is 0.549 bits per heavy atom. The summed E-state index contributed by atoms with van der Waals surface area (Å²) in [6.45, 7) is 6.47. The van der Waals surface area contributed by atoms with Crippen molar-refractivity contribution in [1.29, 1.82) is 0 Å². The largest absolute Gasteiger partial charge is 0.462 e. The first-order chi connectivity index (χ1) is 35.0. The summed E-state index contributed by atoms with van der Waals surface area (Å²) < 4.78 is 16.8. The number of carbonyl (C=O) groups excluding carboxylic acids is 3. The molecule has 71 heavy (non-hydrogen) atoms. The van der Waals surface area contributed by atoms with Crippen LogP contribution in [-0.2, 0) is 28.6 Å². The van der Waals surface area contributed by atoms with Gasteiger partial charge < -0.3 is 14.2 Å². The topological polar surface area (TPSA) is 78.9 Å². The molecule has 0 bridgehead atoms. The summed E-state index contributed by atoms with van der Waals surface area (Å²) in [4.78, 5) is 38.0. The van der Waals surface area contributed by atoms with Gasteiger partial charge in [-0.05, 0) is 103 Å². The number of rotatable bonds is 53. The molecule has 0 rings (SSSR count). The lowest BCUT2D eigenvalue weighted by Crippen LogP contribution is -2.30. The van der Waals surface area contributed by atoms with E-state index < -0.39 is 6.10 Å². The Morgan fingerprint density at radius 1 is 0.296 bits per heavy atom. The highest BCUT2D eigenvalue weighted by molar-refractivity contribution is 5.71. The highest BCUT2D eigenvalue weighted by Gasteiger charge is 2.19. The van der Waals surface area contributed by atoms with Gasteiger partial charge in [0.25, 0.3) is 0 Å². The third-order valence-electron chi connectivity index (χ3n) is 12.6. The second-order valence-corrected chi connectivity index (χ2v) is 19.5. The van der Waals surface area contributed by atoms with Gasteiger partial charge in [0, 0.05) is 19.3 Å². The molecule has 0 amide bonds. The zero-order valence-electron chi connectivity index (χ0n) is 46.5. The Bertz CT molecular complexity index is 1410. The molecule has 0 aliphatic heterocycles. The van der Waals surface area contributed by atoms with Gasteiger partial charge in [0.15, 0.2) is 6.10 Å². The Kier molecular flexibility index (Phi) is 55.9. The average Bonchev–Trinajstić information content (AvgIpc) is 3.37. The van der Waals surface area contributed by atoms with Crippen molar-refractivity contribution in [2.75, 3.05) is 13.2 Å². The Morgan fingerprint density at radius 3 is 0.873 bits per heavy atom. The van der Waals surface area contributed by atoms with Crippen LogP contribution in [0.1, 0.15) is 278 Å². The summed E-state index contributed by atoms with van der Waals surface area (Å²) in [6.07, 6.45) is 78.5. The second-order valence-electron chi connectivity index (χ2n) is 19.5. The number of unbranched alkanes of at least 4 members (excludes halogenated alkanes) is 26. The number of hydrogen-bond donors (Lipinski definition) is 0. The van der Waals surface area contributed by atoms with Crippen LogP contribution >= 0.6 is 0 Å². The first-order valence-electron chi connectivity index (χ1n) is 29.7. The van der Waals surface area contributed by atoms with Gasteiger partial charge in [-0.2, -0.15) is 0 Å². The number of esters is 3. The lowest BCUT2D eigenvalue weighted by molar-refractivity contribution is -0.167. The predicted octanol–water partition coefficient (Wildman–Crippen LogP) is 20.1. The van der Waals surface area contributed by atoms with Gasteiger partial charge in [0.05, 0.1) is 0 Å². The van der Waals surface area contributed by atoms with Gasteiger partial charge >= 0.3 is 17.9 Å². The van der Waals surface area contributed by atoms with E-state index in [2.05, 4.69) is 118 Å². The van der Waals surface area contributed by atoms with E-state index in [9.17, 15) is 14.4 Å². The molecule has 1 unspecified atom stereocenters. The fourth-order valence-corrected chi connectivity index (χ4v) is 8.12. The molecule has 0 aromatic carbocycles. The lowest BCUT2D eigenvalue weighted by Gasteiger charge is -2.18. The second kappa shape index (κ2) is 58.9. The van der Waals surface area contributed by atoms with Gasteiger partial charge in [0.2, 0.25) is 0 Å². The molecule has 0 saturated carbocycles. The van der Waals surface area contributed by atoms with Crippen molar-refractivity contribution < 1.29 is 28.6 Å². The van der Waals surface area contributed by atoms with Crippen LogP contribution in [0, 0.1) is 0 Å². The van der Waals surface area contributed by atoms with Crippen LogP contribution < -0.4 is 0 Å². The SMILES string of the molecule is CC/C=C\C/C=C\C/C=C\C/C=C\C/C=C\C/C=C\C/C=C\CCCCCCCCCC(=O)OCC(COC(=O)CCCCCCCCC)OC(=O)CCCCCCCCC/C=C\CCCCCCCC. The molecule has 0 N–H and O–H groups in total. The fraction of sp³-hybridized carbons (Fsp3) is 0.708. The number of hydrogen-bond acceptors (Lipinski definition) is 6. The van der Waals surface area contributed by atoms with Gasteiger partial charge in [-0.25, -0.2) is 0 Å². The van der Waals surface area contributed by atoms with Crippen molar-refractivity contribution >= 4 is 17.9 Å². The summed E-state index contributed by atoms with van der Waals surface area (Å²) in [5.74, 6) is -0.900. The molecule has 0 saturated heterocycles. The molecular weight excluding hydrogens is 877 g/mol. The Labute approximate surface area is 438 Å². The maximum Gasteiger partial charge on any atom is 0.306 e. The highest BCUT2D eigenvalue weighted by atomic mass is 16.6. The fourth-order valence-electron chi connectivity index (χ4n) is 8.12. The van der Waals surface area contributed by atoms with Gasteiger partial charge in [-0.1, -0.05) is 253 Å². The summed E-state index contributed by atoms with van der Waals surface area (Å²) in [5, 5.41) is 0. The number of ether oxygens (including phenoxy) is 3. The van der Waals surface area contributed by atoms with E-state index in [-0.39, 0.29) is 31.1 Å². The van der Waals surface area contributed by atoms with Crippen LogP contribution in [0.5, 0.6) is 0 Å². The Hall–Kier alpha value is -3.67. The molecule has 6 heteroatoms. The van der Waals surface area contributed by atoms with E-state index >= 15 is 0 Å². The molecule has 0 spiro atoms. The van der Waals surface area contributed by atoms with Crippen molar-refractivity contribution in [1.82, 2.24) is 0 Å². The minimum Gasteiger partial charge on any atom is -0.462 e. The number of allylic oxidation sites excluding steroid dienone is 16. The van der Waals surface area contributed by atoms with Gasteiger partial charge in [-0.3, -0.25) is 14.4 Å². The Balaban J connectivity index is 4.19. The van der Waals surface area contributed by atoms with E-state index in [1.165, 1.54) is 128 Å². The molecule has 0 radical (unpaired) electrons. The summed E-state index contributed by atoms with van der Waals surface area (Å²) in [6, 6.07) is 0. The zero-order valence-corrected chi connectivity index (χ0v) is 46.5. The van der Waals surface area contributed by atoms with Crippen molar-refractivity contribution in [2.45, 2.75) is 284 Å². The van der Waals surface area contributed by atoms with E-state index in [4.69, 9.17) is 14.2 Å². The predicted molar refractivity (Wildman–Crippen MR) is 307 cm³/mol. The van der Waals surface area contributed by atoms with Crippen LogP contribution in [0.3, 0.4) is 0 Å². The van der Waals surface area contributed by atoms with Gasteiger partial charge in [0.1, 0.15) is 13.2 Å². The lowest BCUT2D eigenvalue weighted by atomic mass is 10.1. The molecule has 0 heterocycles. The van der Waals surface area contributed by atoms with Crippen LogP contribution in [0.15, 0.2) is 97.2 Å². The van der Waals surface area contributed by atoms with Crippen molar-refractivity contribution in [2.24, 2.45) is 0 Å². The highest BCUT2D eigenvalue weighted by Crippen LogP contribution is 2.15. The molecule has 0 aliphatic rings. The third-order valence-corrected chi connectivity index (χ3v) is 12.6. The zero-order chi connectivity index (χ0) is 51.4. The summed E-state index contributed by atoms with van der Waals surface area (Å²) >= 11 is 0. The van der Waals surface area contributed by atoms with Crippen LogP contribution in [0.4, 0.5) is 0 Å². The molecule has 1 atom stereocenters. The quantitative estimate of drug-likeness (QED) is 0.0261. The molecule has 0 aromatic heterocycles. The van der Waals surface area contributed by atoms with Crippen LogP contribution in [0.25, 0.3) is 0 Å². The van der Waals surface area contributed by atoms with Crippen molar-refractivity contribution in [3.05, 3.63) is 97.2 Å². The van der Waals surface area contributed by atoms with E-state index in [0.717, 1.165) is 109 Å². The van der Waals surface area contributed by atoms with Crippen molar-refractivity contribution in [3.8, 4) is 0 Å². The van der Waals surface area contributed by atoms with Crippen LogP contribution in [0.2, 0.25) is 0 Å². The van der Waals surface area contributed by atoms with E-state index in [1.807, 2.05) is 0 Å². The maximum atomic E-state index is 12.8. The van der Waals surface area contributed by atoms with Crippen LogP contribution in [-0.4, -0.2) is 37.2 Å². The first-order valence-corrected chi connectivity index (χ1v) is 29.7. The van der Waals surface area contributed by atoms with Gasteiger partial charge in [-0.15, -0.1) is 0 Å². The molecule has 0 fully saturated rings. The standard InChI is InChI=1S/C65H110O6/c1-4-7-10-13-16-18-20-22-24-26-27-28-29-30-31-32-33-34-35-36-37-39-40-42-44-46-49-52-55-58-64(67)70-61-62(60-69-63(66)57-54-51-48-15-12-9-6-3)71-65(68)59-56-53-50-47-45-43-41-38-25-23-21-19-17-14-11-8-5-2/h7,10,16,18,22-25,27-28,30-31,33-34,36-37,62H,4-6,8-9,11-15,17,19-21,26,29,32,35,38-61H2,1-3H3/b10-7-,18-16-,24-22-,25-23-,28-27-,31-30-,34-33-,37-36-. The molecule has 406 valence electrons. The molecule has 6 nitrogen and oxygen atoms in total. The monoisotopic (exact) mass is 987 g/mol. The van der Waals surface area contributed by atoms with E-state index in [0.29, 0.717) is 19.3 Å². The molecule has 0 aromatic rings. The first kappa shape index (κ1) is 67.3. The van der Waals surface area contributed by atoms with Crippen molar-refractivity contribution in [3.63, 3.8) is 0 Å². The minimum atomic E-state index is -0.782. The summed E-state index contributed by atoms with van der Waals surface area (Å²) in [5.41, 5.74) is 0.